The molecule has 1 heterocycles. The van der Waals surface area contributed by atoms with Gasteiger partial charge in [-0.3, -0.25) is 4.72 Å². The molecule has 0 spiro atoms. The van der Waals surface area contributed by atoms with Crippen LogP contribution in [0.2, 0.25) is 0 Å². The molecule has 0 unspecified atom stereocenters. The number of fused-ring (bicyclic) bond motifs is 1. The molecule has 3 rings (SSSR count). The maximum Gasteiger partial charge on any atom is 0.238 e. The summed E-state index contributed by atoms with van der Waals surface area (Å²) in [6.07, 6.45) is 0. The Kier molecular flexibility index (Phi) is 3.39. The van der Waals surface area contributed by atoms with Gasteiger partial charge in [-0.2, -0.15) is 0 Å². The fourth-order valence-electron chi connectivity index (χ4n) is 2.06. The number of hydrogen-bond acceptors (Lipinski definition) is 4. The van der Waals surface area contributed by atoms with Crippen molar-refractivity contribution in [1.82, 2.24) is 5.16 Å². The summed E-state index contributed by atoms with van der Waals surface area (Å²) in [5, 5.41) is 4.56. The van der Waals surface area contributed by atoms with E-state index >= 15 is 0 Å². The topological polar surface area (TPSA) is 72.2 Å². The number of para-hydroxylation sites is 1. The Morgan fingerprint density at radius 3 is 2.57 bits per heavy atom. The van der Waals surface area contributed by atoms with Crippen molar-refractivity contribution in [2.75, 3.05) is 4.72 Å². The van der Waals surface area contributed by atoms with E-state index in [1.807, 2.05) is 31.2 Å². The molecule has 0 radical (unpaired) electrons. The smallest absolute Gasteiger partial charge is 0.238 e. The van der Waals surface area contributed by atoms with Crippen molar-refractivity contribution in [1.29, 1.82) is 0 Å². The third-order valence-corrected chi connectivity index (χ3v) is 4.30. The lowest BCUT2D eigenvalue weighted by Gasteiger charge is -2.06. The van der Waals surface area contributed by atoms with Crippen LogP contribution in [0, 0.1) is 6.92 Å². The first-order valence-electron chi connectivity index (χ1n) is 6.44. The van der Waals surface area contributed by atoms with E-state index in [9.17, 15) is 8.42 Å². The average molecular weight is 302 g/mol. The summed E-state index contributed by atoms with van der Waals surface area (Å²) in [6, 6.07) is 14.3. The quantitative estimate of drug-likeness (QED) is 0.804. The van der Waals surface area contributed by atoms with Crippen LogP contribution in [-0.4, -0.2) is 13.6 Å². The summed E-state index contributed by atoms with van der Waals surface area (Å²) >= 11 is 0. The van der Waals surface area contributed by atoms with Crippen LogP contribution in [0.3, 0.4) is 0 Å². The van der Waals surface area contributed by atoms with E-state index in [-0.39, 0.29) is 5.75 Å². The molecule has 6 heteroatoms. The molecule has 1 N–H and O–H groups in total. The molecular weight excluding hydrogens is 288 g/mol. The van der Waals surface area contributed by atoms with Crippen molar-refractivity contribution >= 4 is 26.7 Å². The molecule has 0 amide bonds. The van der Waals surface area contributed by atoms with E-state index in [1.54, 1.807) is 24.3 Å². The number of sulfonamides is 1. The van der Waals surface area contributed by atoms with Crippen molar-refractivity contribution in [3.8, 4) is 0 Å². The second-order valence-corrected chi connectivity index (χ2v) is 6.57. The average Bonchev–Trinajstić information content (AvgIpc) is 2.84. The van der Waals surface area contributed by atoms with Crippen LogP contribution in [0.4, 0.5) is 5.69 Å². The van der Waals surface area contributed by atoms with Crippen LogP contribution < -0.4 is 4.72 Å². The molecule has 3 aromatic rings. The predicted octanol–water partition coefficient (Wildman–Crippen LogP) is 3.08. The minimum atomic E-state index is -3.53. The molecule has 0 saturated heterocycles. The summed E-state index contributed by atoms with van der Waals surface area (Å²) in [4.78, 5) is 0. The first-order valence-corrected chi connectivity index (χ1v) is 8.09. The van der Waals surface area contributed by atoms with Gasteiger partial charge in [-0.15, -0.1) is 0 Å². The highest BCUT2D eigenvalue weighted by Gasteiger charge is 2.17. The number of benzene rings is 2. The van der Waals surface area contributed by atoms with Crippen molar-refractivity contribution in [2.24, 2.45) is 0 Å². The fraction of sp³-hybridized carbons (Fsp3) is 0.133. The first-order chi connectivity index (χ1) is 10.0. The maximum atomic E-state index is 12.2. The minimum absolute atomic E-state index is 0.224. The van der Waals surface area contributed by atoms with Gasteiger partial charge in [0.25, 0.3) is 0 Å². The Hall–Kier alpha value is -2.34. The molecular formula is C15H14N2O3S. The number of aryl methyl sites for hydroxylation is 1. The molecule has 0 fully saturated rings. The van der Waals surface area contributed by atoms with Crippen LogP contribution >= 0.6 is 0 Å². The highest BCUT2D eigenvalue weighted by atomic mass is 32.2. The summed E-state index contributed by atoms with van der Waals surface area (Å²) in [7, 11) is -3.53. The molecule has 5 nitrogen and oxygen atoms in total. The molecule has 108 valence electrons. The molecule has 2 aromatic carbocycles. The Bertz CT molecular complexity index is 867. The van der Waals surface area contributed by atoms with E-state index in [4.69, 9.17) is 4.52 Å². The summed E-state index contributed by atoms with van der Waals surface area (Å²) in [6.45, 7) is 1.94. The third kappa shape index (κ3) is 3.05. The van der Waals surface area contributed by atoms with Crippen LogP contribution in [0.25, 0.3) is 11.0 Å². The van der Waals surface area contributed by atoms with Crippen LogP contribution in [0.5, 0.6) is 0 Å². The maximum absolute atomic E-state index is 12.2. The van der Waals surface area contributed by atoms with Gasteiger partial charge < -0.3 is 4.52 Å². The SMILES string of the molecule is Cc1ccc(NS(=O)(=O)Cc2noc3ccccc23)cc1. The Labute approximate surface area is 122 Å². The van der Waals surface area contributed by atoms with Gasteiger partial charge in [0.1, 0.15) is 11.4 Å². The number of anilines is 1. The zero-order chi connectivity index (χ0) is 14.9. The third-order valence-electron chi connectivity index (χ3n) is 3.10. The number of nitrogens with zero attached hydrogens (tertiary/aromatic N) is 1. The van der Waals surface area contributed by atoms with Crippen molar-refractivity contribution < 1.29 is 12.9 Å². The van der Waals surface area contributed by atoms with Gasteiger partial charge in [0.2, 0.25) is 10.0 Å². The van der Waals surface area contributed by atoms with E-state index in [0.717, 1.165) is 5.56 Å². The van der Waals surface area contributed by atoms with Gasteiger partial charge >= 0.3 is 0 Å². The molecule has 0 aliphatic carbocycles. The molecule has 1 aromatic heterocycles. The van der Waals surface area contributed by atoms with Crippen LogP contribution in [0.1, 0.15) is 11.3 Å². The molecule has 0 atom stereocenters. The van der Waals surface area contributed by atoms with Crippen molar-refractivity contribution in [3.63, 3.8) is 0 Å². The molecule has 21 heavy (non-hydrogen) atoms. The van der Waals surface area contributed by atoms with Gasteiger partial charge in [-0.25, -0.2) is 8.42 Å². The molecule has 0 aliphatic heterocycles. The summed E-state index contributed by atoms with van der Waals surface area (Å²) < 4.78 is 32.1. The molecule has 0 bridgehead atoms. The lowest BCUT2D eigenvalue weighted by atomic mass is 10.2. The Morgan fingerprint density at radius 1 is 1.10 bits per heavy atom. The van der Waals surface area contributed by atoms with Gasteiger partial charge in [0.15, 0.2) is 5.58 Å². The zero-order valence-electron chi connectivity index (χ0n) is 11.4. The van der Waals surface area contributed by atoms with Crippen molar-refractivity contribution in [3.05, 3.63) is 59.8 Å². The van der Waals surface area contributed by atoms with Crippen molar-refractivity contribution in [2.45, 2.75) is 12.7 Å². The van der Waals surface area contributed by atoms with Crippen LogP contribution in [-0.2, 0) is 15.8 Å². The van der Waals surface area contributed by atoms with Gasteiger partial charge in [-0.05, 0) is 31.2 Å². The van der Waals surface area contributed by atoms with Gasteiger partial charge in [0.05, 0.1) is 0 Å². The highest BCUT2D eigenvalue weighted by Crippen LogP contribution is 2.20. The minimum Gasteiger partial charge on any atom is -0.356 e. The van der Waals surface area contributed by atoms with E-state index < -0.39 is 10.0 Å². The highest BCUT2D eigenvalue weighted by molar-refractivity contribution is 7.91. The van der Waals surface area contributed by atoms with Gasteiger partial charge in [0, 0.05) is 11.1 Å². The summed E-state index contributed by atoms with van der Waals surface area (Å²) in [5.41, 5.74) is 2.59. The predicted molar refractivity (Wildman–Crippen MR) is 81.4 cm³/mol. The monoisotopic (exact) mass is 302 g/mol. The van der Waals surface area contributed by atoms with Gasteiger partial charge in [-0.1, -0.05) is 35.0 Å². The molecule has 0 aliphatic rings. The Morgan fingerprint density at radius 2 is 1.81 bits per heavy atom. The second kappa shape index (κ2) is 5.21. The van der Waals surface area contributed by atoms with Crippen LogP contribution in [0.15, 0.2) is 53.1 Å². The second-order valence-electron chi connectivity index (χ2n) is 4.85. The number of aromatic nitrogens is 1. The normalized spacial score (nSPS) is 11.7. The largest absolute Gasteiger partial charge is 0.356 e. The molecule has 0 saturated carbocycles. The van der Waals surface area contributed by atoms with E-state index in [1.165, 1.54) is 0 Å². The standard InChI is InChI=1S/C15H14N2O3S/c1-11-6-8-12(9-7-11)17-21(18,19)10-14-13-4-2-3-5-15(13)20-16-14/h2-9,17H,10H2,1H3. The number of hydrogen-bond donors (Lipinski definition) is 1. The lowest BCUT2D eigenvalue weighted by Crippen LogP contribution is -2.15. The lowest BCUT2D eigenvalue weighted by molar-refractivity contribution is 0.448. The van der Waals surface area contributed by atoms with E-state index in [2.05, 4.69) is 9.88 Å². The number of nitrogens with one attached hydrogen (secondary N) is 1. The number of rotatable bonds is 4. The zero-order valence-corrected chi connectivity index (χ0v) is 12.2. The summed E-state index contributed by atoms with van der Waals surface area (Å²) in [5.74, 6) is -0.224. The first kappa shape index (κ1) is 13.6. The van der Waals surface area contributed by atoms with E-state index in [0.29, 0.717) is 22.4 Å². The Balaban J connectivity index is 1.84. The fourth-order valence-corrected chi connectivity index (χ4v) is 3.19.